The van der Waals surface area contributed by atoms with E-state index in [9.17, 15) is 8.42 Å². The van der Waals surface area contributed by atoms with Crippen LogP contribution in [0.5, 0.6) is 0 Å². The molecule has 0 radical (unpaired) electrons. The maximum Gasteiger partial charge on any atom is 0.201 e. The van der Waals surface area contributed by atoms with Gasteiger partial charge in [0, 0.05) is 0 Å². The van der Waals surface area contributed by atoms with Crippen LogP contribution in [-0.2, 0) is 14.7 Å². The summed E-state index contributed by atoms with van der Waals surface area (Å²) in [6.45, 7) is 1.50. The molecule has 0 spiro atoms. The van der Waals surface area contributed by atoms with Crippen LogP contribution in [0.3, 0.4) is 0 Å². The highest BCUT2D eigenvalue weighted by atomic mass is 32.2. The van der Waals surface area contributed by atoms with Gasteiger partial charge in [0.05, 0.1) is 0 Å². The molecular weight excluding hydrogens is 190 g/mol. The summed E-state index contributed by atoms with van der Waals surface area (Å²) in [6, 6.07) is 0. The first-order chi connectivity index (χ1) is 6.12. The summed E-state index contributed by atoms with van der Waals surface area (Å²) in [6.07, 6.45) is 3.38. The second-order valence-electron chi connectivity index (χ2n) is 3.62. The monoisotopic (exact) mass is 203 g/mol. The van der Waals surface area contributed by atoms with Crippen LogP contribution in [0, 0.1) is 0 Å². The smallest absolute Gasteiger partial charge is 0.201 e. The van der Waals surface area contributed by atoms with E-state index in [4.69, 9.17) is 4.84 Å². The van der Waals surface area contributed by atoms with Crippen LogP contribution in [0.1, 0.15) is 32.6 Å². The molecule has 2 aliphatic rings. The maximum absolute atomic E-state index is 11.7. The maximum atomic E-state index is 11.7. The van der Waals surface area contributed by atoms with E-state index in [1.165, 1.54) is 6.92 Å². The highest BCUT2D eigenvalue weighted by Crippen LogP contribution is 2.30. The van der Waals surface area contributed by atoms with Gasteiger partial charge in [0.15, 0.2) is 5.04 Å². The molecule has 13 heavy (non-hydrogen) atoms. The van der Waals surface area contributed by atoms with E-state index in [1.54, 1.807) is 0 Å². The molecule has 5 heteroatoms. The zero-order chi connectivity index (χ0) is 9.47. The highest BCUT2D eigenvalue weighted by Gasteiger charge is 2.42. The van der Waals surface area contributed by atoms with E-state index in [1.807, 2.05) is 0 Å². The average Bonchev–Trinajstić information content (AvgIpc) is 2.13. The standard InChI is InChI=1S/C8H13NO3S/c1-6-9-12-7-4-2-3-5-8(7)13(6,10)11/h7-8H,2-5H2,1H3. The predicted octanol–water partition coefficient (Wildman–Crippen LogP) is 1.08. The summed E-state index contributed by atoms with van der Waals surface area (Å²) in [5.74, 6) is 0. The lowest BCUT2D eigenvalue weighted by Gasteiger charge is -2.32. The topological polar surface area (TPSA) is 55.7 Å². The lowest BCUT2D eigenvalue weighted by atomic mass is 9.97. The van der Waals surface area contributed by atoms with Crippen molar-refractivity contribution in [2.75, 3.05) is 0 Å². The molecule has 2 atom stereocenters. The molecule has 2 rings (SSSR count). The molecule has 1 aliphatic carbocycles. The van der Waals surface area contributed by atoms with Crippen molar-refractivity contribution < 1.29 is 13.3 Å². The quantitative estimate of drug-likeness (QED) is 0.592. The largest absolute Gasteiger partial charge is 0.390 e. The van der Waals surface area contributed by atoms with Gasteiger partial charge in [-0.1, -0.05) is 11.6 Å². The zero-order valence-corrected chi connectivity index (χ0v) is 8.38. The molecular formula is C8H13NO3S. The molecule has 2 unspecified atom stereocenters. The number of oxime groups is 1. The van der Waals surface area contributed by atoms with Crippen LogP contribution in [-0.4, -0.2) is 24.8 Å². The third-order valence-electron chi connectivity index (χ3n) is 2.77. The van der Waals surface area contributed by atoms with Crippen molar-refractivity contribution >= 4 is 14.9 Å². The minimum Gasteiger partial charge on any atom is -0.390 e. The molecule has 0 aromatic rings. The second-order valence-corrected chi connectivity index (χ2v) is 5.91. The van der Waals surface area contributed by atoms with Gasteiger partial charge in [-0.05, 0) is 26.2 Å². The number of nitrogens with zero attached hydrogens (tertiary/aromatic N) is 1. The highest BCUT2D eigenvalue weighted by molar-refractivity contribution is 8.06. The first-order valence-corrected chi connectivity index (χ1v) is 6.11. The Hall–Kier alpha value is -0.580. The van der Waals surface area contributed by atoms with Gasteiger partial charge >= 0.3 is 0 Å². The van der Waals surface area contributed by atoms with Gasteiger partial charge in [-0.3, -0.25) is 0 Å². The Balaban J connectivity index is 2.36. The first-order valence-electron chi connectivity index (χ1n) is 4.56. The second kappa shape index (κ2) is 2.97. The van der Waals surface area contributed by atoms with Gasteiger partial charge in [-0.25, -0.2) is 8.42 Å². The Bertz CT molecular complexity index is 333. The Kier molecular flexibility index (Phi) is 2.06. The third kappa shape index (κ3) is 1.35. The van der Waals surface area contributed by atoms with E-state index < -0.39 is 9.84 Å². The van der Waals surface area contributed by atoms with E-state index in [2.05, 4.69) is 5.16 Å². The van der Waals surface area contributed by atoms with Crippen molar-refractivity contribution in [3.05, 3.63) is 0 Å². The Labute approximate surface area is 77.9 Å². The lowest BCUT2D eigenvalue weighted by molar-refractivity contribution is 0.0325. The normalized spacial score (nSPS) is 37.2. The van der Waals surface area contributed by atoms with Crippen LogP contribution in [0.4, 0.5) is 0 Å². The third-order valence-corrected chi connectivity index (χ3v) is 5.00. The average molecular weight is 203 g/mol. The molecule has 0 saturated heterocycles. The van der Waals surface area contributed by atoms with Crippen molar-refractivity contribution in [2.45, 2.75) is 44.0 Å². The lowest BCUT2D eigenvalue weighted by Crippen LogP contribution is -2.43. The van der Waals surface area contributed by atoms with E-state index in [0.29, 0.717) is 0 Å². The number of rotatable bonds is 0. The summed E-state index contributed by atoms with van der Waals surface area (Å²) in [4.78, 5) is 5.14. The molecule has 1 saturated carbocycles. The summed E-state index contributed by atoms with van der Waals surface area (Å²) in [7, 11) is -3.14. The van der Waals surface area contributed by atoms with E-state index in [-0.39, 0.29) is 16.4 Å². The molecule has 1 aliphatic heterocycles. The zero-order valence-electron chi connectivity index (χ0n) is 7.56. The minimum absolute atomic E-state index is 0.135. The van der Waals surface area contributed by atoms with Gasteiger partial charge in [0.2, 0.25) is 9.84 Å². The van der Waals surface area contributed by atoms with Crippen molar-refractivity contribution in [2.24, 2.45) is 5.16 Å². The fourth-order valence-electron chi connectivity index (χ4n) is 1.95. The number of hydrogen-bond donors (Lipinski definition) is 0. The minimum atomic E-state index is -3.14. The SMILES string of the molecule is CC1=NOC2CCCCC2S1(=O)=O. The van der Waals surface area contributed by atoms with E-state index in [0.717, 1.165) is 25.7 Å². The molecule has 0 amide bonds. The number of sulfone groups is 1. The molecule has 1 heterocycles. The summed E-state index contributed by atoms with van der Waals surface area (Å²) < 4.78 is 23.5. The Morgan fingerprint density at radius 1 is 1.38 bits per heavy atom. The molecule has 1 fully saturated rings. The number of hydrogen-bond acceptors (Lipinski definition) is 4. The van der Waals surface area contributed by atoms with Crippen LogP contribution < -0.4 is 0 Å². The summed E-state index contributed by atoms with van der Waals surface area (Å²) >= 11 is 0. The predicted molar refractivity (Wildman–Crippen MR) is 49.2 cm³/mol. The molecule has 0 aromatic heterocycles. The van der Waals surface area contributed by atoms with Crippen LogP contribution in [0.25, 0.3) is 0 Å². The van der Waals surface area contributed by atoms with Crippen molar-refractivity contribution in [3.8, 4) is 0 Å². The van der Waals surface area contributed by atoms with Crippen LogP contribution in [0.2, 0.25) is 0 Å². The summed E-state index contributed by atoms with van der Waals surface area (Å²) in [5.41, 5.74) is 0. The van der Waals surface area contributed by atoms with Gasteiger partial charge in [0.25, 0.3) is 0 Å². The fraction of sp³-hybridized carbons (Fsp3) is 0.875. The first kappa shape index (κ1) is 8.99. The molecule has 4 nitrogen and oxygen atoms in total. The Morgan fingerprint density at radius 3 is 2.85 bits per heavy atom. The molecule has 0 bridgehead atoms. The number of fused-ring (bicyclic) bond motifs is 1. The van der Waals surface area contributed by atoms with Gasteiger partial charge in [-0.2, -0.15) is 0 Å². The van der Waals surface area contributed by atoms with Crippen LogP contribution in [0.15, 0.2) is 5.16 Å². The summed E-state index contributed by atoms with van der Waals surface area (Å²) in [5, 5.41) is 3.40. The van der Waals surface area contributed by atoms with Gasteiger partial charge < -0.3 is 4.84 Å². The van der Waals surface area contributed by atoms with Crippen molar-refractivity contribution in [1.82, 2.24) is 0 Å². The van der Waals surface area contributed by atoms with E-state index >= 15 is 0 Å². The van der Waals surface area contributed by atoms with Gasteiger partial charge in [0.1, 0.15) is 11.4 Å². The Morgan fingerprint density at radius 2 is 2.08 bits per heavy atom. The van der Waals surface area contributed by atoms with Crippen LogP contribution >= 0.6 is 0 Å². The van der Waals surface area contributed by atoms with Gasteiger partial charge in [-0.15, -0.1) is 0 Å². The molecule has 74 valence electrons. The molecule has 0 N–H and O–H groups in total. The fourth-order valence-corrected chi connectivity index (χ4v) is 3.60. The van der Waals surface area contributed by atoms with Crippen molar-refractivity contribution in [3.63, 3.8) is 0 Å². The molecule has 0 aromatic carbocycles. The van der Waals surface area contributed by atoms with Crippen molar-refractivity contribution in [1.29, 1.82) is 0 Å².